The molecular formula is C36H33NO6P+. The summed E-state index contributed by atoms with van der Waals surface area (Å²) in [6.07, 6.45) is -2.49. The Morgan fingerprint density at radius 3 is 1.80 bits per heavy atom. The maximum Gasteiger partial charge on any atom is 0.424 e. The third kappa shape index (κ3) is 5.07. The van der Waals surface area contributed by atoms with Crippen LogP contribution < -0.4 is 26.4 Å². The van der Waals surface area contributed by atoms with Crippen molar-refractivity contribution in [3.8, 4) is 0 Å². The predicted molar refractivity (Wildman–Crippen MR) is 175 cm³/mol. The number of anilines is 1. The molecule has 4 aromatic carbocycles. The van der Waals surface area contributed by atoms with E-state index in [2.05, 4.69) is 43.3 Å². The molecule has 1 aliphatic heterocycles. The lowest BCUT2D eigenvalue weighted by molar-refractivity contribution is 0.0516. The lowest BCUT2D eigenvalue weighted by Gasteiger charge is -2.40. The molecule has 2 unspecified atom stereocenters. The van der Waals surface area contributed by atoms with E-state index in [1.54, 1.807) is 39.0 Å². The zero-order valence-corrected chi connectivity index (χ0v) is 25.9. The monoisotopic (exact) mass is 606 g/mol. The maximum atomic E-state index is 14.0. The normalized spacial score (nSPS) is 15.8. The zero-order valence-electron chi connectivity index (χ0n) is 25.0. The first kappa shape index (κ1) is 29.3. The Balaban J connectivity index is 1.63. The molecule has 2 heterocycles. The fraction of sp³-hybridized carbons (Fsp3) is 0.194. The van der Waals surface area contributed by atoms with Gasteiger partial charge < -0.3 is 13.9 Å². The van der Waals surface area contributed by atoms with Crippen molar-refractivity contribution in [1.82, 2.24) is 0 Å². The van der Waals surface area contributed by atoms with Crippen LogP contribution in [0.2, 0.25) is 0 Å². The minimum absolute atomic E-state index is 0.251. The molecule has 5 aromatic rings. The van der Waals surface area contributed by atoms with Crippen LogP contribution in [0.15, 0.2) is 124 Å². The summed E-state index contributed by atoms with van der Waals surface area (Å²) in [6, 6.07) is 37.3. The number of imide groups is 1. The topological polar surface area (TPSA) is 86.1 Å². The van der Waals surface area contributed by atoms with Crippen molar-refractivity contribution in [1.29, 1.82) is 0 Å². The molecule has 7 nitrogen and oxygen atoms in total. The van der Waals surface area contributed by atoms with Gasteiger partial charge in [0, 0.05) is 17.0 Å². The van der Waals surface area contributed by atoms with E-state index in [9.17, 15) is 14.4 Å². The minimum Gasteiger partial charge on any atom is -0.443 e. The van der Waals surface area contributed by atoms with E-state index in [0.717, 1.165) is 20.8 Å². The number of nitrogens with zero attached hydrogens (tertiary/aromatic N) is 1. The number of amides is 2. The molecule has 6 rings (SSSR count). The highest BCUT2D eigenvalue weighted by Gasteiger charge is 2.57. The van der Waals surface area contributed by atoms with E-state index >= 15 is 0 Å². The van der Waals surface area contributed by atoms with Crippen LogP contribution in [0.25, 0.3) is 11.0 Å². The summed E-state index contributed by atoms with van der Waals surface area (Å²) in [7, 11) is -2.53. The van der Waals surface area contributed by atoms with Crippen LogP contribution in [0, 0.1) is 0 Å². The number of carbonyl (C=O) groups excluding carboxylic acids is 2. The third-order valence-corrected chi connectivity index (χ3v) is 12.7. The number of cyclic esters (lactones) is 1. The Kier molecular flexibility index (Phi) is 7.60. The van der Waals surface area contributed by atoms with E-state index in [1.165, 1.54) is 6.07 Å². The van der Waals surface area contributed by atoms with Gasteiger partial charge in [0.2, 0.25) is 0 Å². The second-order valence-corrected chi connectivity index (χ2v) is 15.6. The van der Waals surface area contributed by atoms with E-state index in [1.807, 2.05) is 54.6 Å². The molecule has 0 radical (unpaired) electrons. The van der Waals surface area contributed by atoms with Crippen molar-refractivity contribution in [2.24, 2.45) is 0 Å². The molecule has 1 aliphatic rings. The van der Waals surface area contributed by atoms with Gasteiger partial charge in [0.15, 0.2) is 6.10 Å². The van der Waals surface area contributed by atoms with Crippen molar-refractivity contribution < 1.29 is 23.5 Å². The largest absolute Gasteiger partial charge is 0.443 e. The number of benzene rings is 4. The van der Waals surface area contributed by atoms with E-state index in [0.29, 0.717) is 16.6 Å². The zero-order chi connectivity index (χ0) is 31.1. The van der Waals surface area contributed by atoms with Crippen LogP contribution in [0.3, 0.4) is 0 Å². The predicted octanol–water partition coefficient (Wildman–Crippen LogP) is 7.11. The highest BCUT2D eigenvalue weighted by atomic mass is 31.2. The first-order valence-corrected chi connectivity index (χ1v) is 16.3. The van der Waals surface area contributed by atoms with Crippen LogP contribution in [-0.4, -0.2) is 23.4 Å². The summed E-state index contributed by atoms with van der Waals surface area (Å²) in [5.74, 6) is 0. The quantitative estimate of drug-likeness (QED) is 0.157. The average molecular weight is 607 g/mol. The van der Waals surface area contributed by atoms with Gasteiger partial charge in [-0.2, -0.15) is 4.90 Å². The molecule has 0 saturated carbocycles. The average Bonchev–Trinajstić information content (AvgIpc) is 3.01. The van der Waals surface area contributed by atoms with Gasteiger partial charge in [0.25, 0.3) is 0 Å². The molecule has 222 valence electrons. The second-order valence-electron chi connectivity index (χ2n) is 11.8. The van der Waals surface area contributed by atoms with Crippen molar-refractivity contribution in [2.45, 2.75) is 45.1 Å². The first-order valence-electron chi connectivity index (χ1n) is 14.5. The highest BCUT2D eigenvalue weighted by Crippen LogP contribution is 2.64. The van der Waals surface area contributed by atoms with Gasteiger partial charge in [-0.25, -0.2) is 14.4 Å². The molecule has 8 heteroatoms. The number of ether oxygens (including phenoxy) is 2. The molecule has 0 fully saturated rings. The number of carbonyl (C=O) groups is 2. The number of fused-ring (bicyclic) bond motifs is 3. The number of rotatable bonds is 5. The fourth-order valence-electron chi connectivity index (χ4n) is 6.12. The van der Waals surface area contributed by atoms with Gasteiger partial charge in [-0.05, 0) is 82.3 Å². The van der Waals surface area contributed by atoms with E-state index in [-0.39, 0.29) is 11.2 Å². The summed E-state index contributed by atoms with van der Waals surface area (Å²) >= 11 is 0. The summed E-state index contributed by atoms with van der Waals surface area (Å²) < 4.78 is 17.4. The van der Waals surface area contributed by atoms with E-state index < -0.39 is 36.8 Å². The van der Waals surface area contributed by atoms with Gasteiger partial charge in [0.1, 0.15) is 40.0 Å². The summed E-state index contributed by atoms with van der Waals surface area (Å²) in [6.45, 7) is 7.30. The standard InChI is InChI=1S/C36H33NO6P/c1-24(44(25-14-8-5-9-15-25,26-16-10-6-11-17-26)27-18-12-7-13-19-27)33-29-20-22-30-28(21-23-31(38)41-30)32(29)37(34(39)42-33)35(40)43-36(2,3)4/h5-24,33H,1-4H3/q+1. The number of hydrogen-bond acceptors (Lipinski definition) is 6. The Labute approximate surface area is 256 Å². The Morgan fingerprint density at radius 2 is 1.30 bits per heavy atom. The third-order valence-electron chi connectivity index (χ3n) is 7.86. The van der Waals surface area contributed by atoms with Gasteiger partial charge >= 0.3 is 17.8 Å². The minimum atomic E-state index is -2.53. The van der Waals surface area contributed by atoms with Crippen molar-refractivity contribution in [2.75, 3.05) is 4.90 Å². The van der Waals surface area contributed by atoms with Gasteiger partial charge in [-0.3, -0.25) is 0 Å². The molecule has 44 heavy (non-hydrogen) atoms. The molecule has 2 amide bonds. The number of hydrogen-bond donors (Lipinski definition) is 0. The Bertz CT molecular complexity index is 1790. The lowest BCUT2D eigenvalue weighted by atomic mass is 9.99. The smallest absolute Gasteiger partial charge is 0.424 e. The molecule has 0 spiro atoms. The first-order chi connectivity index (χ1) is 21.1. The van der Waals surface area contributed by atoms with Gasteiger partial charge in [0.05, 0.1) is 5.69 Å². The van der Waals surface area contributed by atoms with Gasteiger partial charge in [-0.15, -0.1) is 0 Å². The lowest BCUT2D eigenvalue weighted by Crippen LogP contribution is -2.48. The van der Waals surface area contributed by atoms with Gasteiger partial charge in [-0.1, -0.05) is 54.6 Å². The molecule has 0 aliphatic carbocycles. The van der Waals surface area contributed by atoms with Crippen LogP contribution in [0.1, 0.15) is 39.4 Å². The molecular weight excluding hydrogens is 573 g/mol. The van der Waals surface area contributed by atoms with Crippen molar-refractivity contribution >= 4 is 52.0 Å². The van der Waals surface area contributed by atoms with Crippen LogP contribution in [0.5, 0.6) is 0 Å². The Hall–Kier alpha value is -4.74. The summed E-state index contributed by atoms with van der Waals surface area (Å²) in [5, 5.41) is 3.82. The molecule has 0 N–H and O–H groups in total. The molecule has 2 atom stereocenters. The van der Waals surface area contributed by atoms with Crippen LogP contribution in [0.4, 0.5) is 15.3 Å². The van der Waals surface area contributed by atoms with Crippen LogP contribution in [-0.2, 0) is 9.47 Å². The molecule has 0 saturated heterocycles. The molecule has 0 bridgehead atoms. The summed E-state index contributed by atoms with van der Waals surface area (Å²) in [5.41, 5.74) is -0.524. The second kappa shape index (κ2) is 11.4. The van der Waals surface area contributed by atoms with E-state index in [4.69, 9.17) is 13.9 Å². The maximum absolute atomic E-state index is 14.0. The highest BCUT2D eigenvalue weighted by molar-refractivity contribution is 7.96. The van der Waals surface area contributed by atoms with Crippen molar-refractivity contribution in [3.05, 3.63) is 131 Å². The van der Waals surface area contributed by atoms with Crippen molar-refractivity contribution in [3.63, 3.8) is 0 Å². The SMILES string of the molecule is CC(C1OC(=O)N(C(=O)OC(C)(C)C)c2c1ccc1oc(=O)ccc21)[P+](c1ccccc1)(c1ccccc1)c1ccccc1. The summed E-state index contributed by atoms with van der Waals surface area (Å²) in [4.78, 5) is 40.6. The van der Waals surface area contributed by atoms with Crippen LogP contribution >= 0.6 is 7.26 Å². The Morgan fingerprint density at radius 1 is 0.773 bits per heavy atom. The fourth-order valence-corrected chi connectivity index (χ4v) is 11.0. The molecule has 1 aromatic heterocycles.